The number of nitrogens with zero attached hydrogens (tertiary/aromatic N) is 1. The second kappa shape index (κ2) is 5.99. The number of hydrogen-bond acceptors (Lipinski definition) is 3. The molecule has 1 saturated heterocycles. The predicted octanol–water partition coefficient (Wildman–Crippen LogP) is 2.43. The predicted molar refractivity (Wildman–Crippen MR) is 85.1 cm³/mol. The molecule has 6 heteroatoms. The average Bonchev–Trinajstić information content (AvgIpc) is 3.01. The van der Waals surface area contributed by atoms with Gasteiger partial charge in [-0.05, 0) is 43.6 Å². The average molecular weight is 349 g/mol. The van der Waals surface area contributed by atoms with E-state index in [9.17, 15) is 4.79 Å². The van der Waals surface area contributed by atoms with Crippen molar-refractivity contribution in [3.05, 3.63) is 46.6 Å². The first-order valence-corrected chi connectivity index (χ1v) is 7.78. The fourth-order valence-electron chi connectivity index (χ4n) is 2.84. The number of aromatic nitrogens is 2. The largest absolute Gasteiger partial charge is 0.317 e. The molecule has 0 bridgehead atoms. The molecule has 110 valence electrons. The lowest BCUT2D eigenvalue weighted by Crippen LogP contribution is -2.48. The zero-order chi connectivity index (χ0) is 14.7. The van der Waals surface area contributed by atoms with Gasteiger partial charge in [-0.1, -0.05) is 28.1 Å². The lowest BCUT2D eigenvalue weighted by atomic mass is 9.72. The summed E-state index contributed by atoms with van der Waals surface area (Å²) in [5.41, 5.74) is 0.570. The summed E-state index contributed by atoms with van der Waals surface area (Å²) in [5, 5.41) is 12.9. The van der Waals surface area contributed by atoms with E-state index in [4.69, 9.17) is 0 Å². The monoisotopic (exact) mass is 348 g/mol. The highest BCUT2D eigenvalue weighted by Crippen LogP contribution is 2.35. The van der Waals surface area contributed by atoms with Gasteiger partial charge in [0.1, 0.15) is 5.82 Å². The minimum atomic E-state index is -0.489. The Kier molecular flexibility index (Phi) is 4.07. The van der Waals surface area contributed by atoms with Crippen LogP contribution in [0.4, 0.5) is 5.82 Å². The zero-order valence-corrected chi connectivity index (χ0v) is 13.1. The fourth-order valence-corrected chi connectivity index (χ4v) is 3.10. The van der Waals surface area contributed by atoms with Crippen molar-refractivity contribution in [2.45, 2.75) is 18.3 Å². The SMILES string of the molecule is O=C(Nc1ccn[nH]1)C1(c2ccc(Br)cc2)CCNCC1. The van der Waals surface area contributed by atoms with Crippen molar-refractivity contribution in [3.8, 4) is 0 Å². The van der Waals surface area contributed by atoms with Gasteiger partial charge in [0.25, 0.3) is 0 Å². The quantitative estimate of drug-likeness (QED) is 0.797. The first-order valence-electron chi connectivity index (χ1n) is 6.98. The minimum Gasteiger partial charge on any atom is -0.317 e. The number of benzene rings is 1. The van der Waals surface area contributed by atoms with Gasteiger partial charge in [-0.2, -0.15) is 5.10 Å². The Labute approximate surface area is 131 Å². The summed E-state index contributed by atoms with van der Waals surface area (Å²) in [5.74, 6) is 0.658. The third kappa shape index (κ3) is 2.87. The van der Waals surface area contributed by atoms with E-state index in [1.54, 1.807) is 12.3 Å². The van der Waals surface area contributed by atoms with Crippen LogP contribution >= 0.6 is 15.9 Å². The molecule has 5 nitrogen and oxygen atoms in total. The number of rotatable bonds is 3. The number of nitrogens with one attached hydrogen (secondary N) is 3. The second-order valence-electron chi connectivity index (χ2n) is 5.26. The van der Waals surface area contributed by atoms with Crippen LogP contribution in [0.2, 0.25) is 0 Å². The molecule has 0 radical (unpaired) electrons. The van der Waals surface area contributed by atoms with Crippen LogP contribution in [-0.4, -0.2) is 29.2 Å². The van der Waals surface area contributed by atoms with E-state index in [1.807, 2.05) is 24.3 Å². The summed E-state index contributed by atoms with van der Waals surface area (Å²) in [6, 6.07) is 9.79. The van der Waals surface area contributed by atoms with E-state index < -0.39 is 5.41 Å². The number of aromatic amines is 1. The smallest absolute Gasteiger partial charge is 0.236 e. The van der Waals surface area contributed by atoms with E-state index in [1.165, 1.54) is 0 Å². The van der Waals surface area contributed by atoms with Crippen LogP contribution in [0.25, 0.3) is 0 Å². The van der Waals surface area contributed by atoms with Crippen molar-refractivity contribution in [1.29, 1.82) is 0 Å². The number of amides is 1. The van der Waals surface area contributed by atoms with E-state index in [0.717, 1.165) is 36.0 Å². The van der Waals surface area contributed by atoms with Crippen molar-refractivity contribution in [1.82, 2.24) is 15.5 Å². The van der Waals surface area contributed by atoms with Gasteiger partial charge in [0.2, 0.25) is 5.91 Å². The highest BCUT2D eigenvalue weighted by molar-refractivity contribution is 9.10. The fraction of sp³-hybridized carbons (Fsp3) is 0.333. The maximum atomic E-state index is 12.9. The number of carbonyl (C=O) groups excluding carboxylic acids is 1. The highest BCUT2D eigenvalue weighted by atomic mass is 79.9. The third-order valence-electron chi connectivity index (χ3n) is 4.04. The van der Waals surface area contributed by atoms with Crippen LogP contribution in [0.15, 0.2) is 41.0 Å². The van der Waals surface area contributed by atoms with Gasteiger partial charge in [0, 0.05) is 10.5 Å². The Morgan fingerprint density at radius 3 is 2.52 bits per heavy atom. The molecular formula is C15H17BrN4O. The molecule has 3 rings (SSSR count). The molecule has 1 aliphatic heterocycles. The number of H-pyrrole nitrogens is 1. The highest BCUT2D eigenvalue weighted by Gasteiger charge is 2.41. The number of hydrogen-bond donors (Lipinski definition) is 3. The molecular weight excluding hydrogens is 332 g/mol. The summed E-state index contributed by atoms with van der Waals surface area (Å²) in [4.78, 5) is 12.9. The number of halogens is 1. The van der Waals surface area contributed by atoms with Crippen molar-refractivity contribution in [2.75, 3.05) is 18.4 Å². The first kappa shape index (κ1) is 14.3. The van der Waals surface area contributed by atoms with Gasteiger partial charge in [0.15, 0.2) is 0 Å². The Hall–Kier alpha value is -1.66. The molecule has 0 saturated carbocycles. The number of anilines is 1. The van der Waals surface area contributed by atoms with Crippen LogP contribution in [0, 0.1) is 0 Å². The van der Waals surface area contributed by atoms with Crippen molar-refractivity contribution >= 4 is 27.7 Å². The van der Waals surface area contributed by atoms with Crippen LogP contribution in [0.5, 0.6) is 0 Å². The van der Waals surface area contributed by atoms with Crippen LogP contribution in [0.3, 0.4) is 0 Å². The molecule has 1 aromatic heterocycles. The van der Waals surface area contributed by atoms with Gasteiger partial charge in [-0.3, -0.25) is 9.89 Å². The van der Waals surface area contributed by atoms with Crippen LogP contribution in [-0.2, 0) is 10.2 Å². The standard InChI is InChI=1S/C15H17BrN4O/c16-12-3-1-11(2-4-12)15(6-9-17-10-7-15)14(21)19-13-5-8-18-20-13/h1-5,8,17H,6-7,9-10H2,(H2,18,19,20,21). The van der Waals surface area contributed by atoms with E-state index >= 15 is 0 Å². The molecule has 2 aromatic rings. The maximum Gasteiger partial charge on any atom is 0.236 e. The Morgan fingerprint density at radius 2 is 1.90 bits per heavy atom. The Balaban J connectivity index is 1.92. The molecule has 0 aliphatic carbocycles. The number of carbonyl (C=O) groups is 1. The number of piperidine rings is 1. The van der Waals surface area contributed by atoms with Gasteiger partial charge < -0.3 is 10.6 Å². The summed E-state index contributed by atoms with van der Waals surface area (Å²) in [7, 11) is 0. The molecule has 3 N–H and O–H groups in total. The van der Waals surface area contributed by atoms with Crippen molar-refractivity contribution in [3.63, 3.8) is 0 Å². The Morgan fingerprint density at radius 1 is 1.19 bits per heavy atom. The molecule has 0 atom stereocenters. The summed E-state index contributed by atoms with van der Waals surface area (Å²) in [6.07, 6.45) is 3.20. The van der Waals surface area contributed by atoms with Crippen molar-refractivity contribution in [2.24, 2.45) is 0 Å². The third-order valence-corrected chi connectivity index (χ3v) is 4.57. The van der Waals surface area contributed by atoms with E-state index in [-0.39, 0.29) is 5.91 Å². The summed E-state index contributed by atoms with van der Waals surface area (Å²) in [6.45, 7) is 1.68. The molecule has 2 heterocycles. The molecule has 1 fully saturated rings. The van der Waals surface area contributed by atoms with Crippen LogP contribution in [0.1, 0.15) is 18.4 Å². The molecule has 1 amide bonds. The van der Waals surface area contributed by atoms with Crippen molar-refractivity contribution < 1.29 is 4.79 Å². The molecule has 0 unspecified atom stereocenters. The first-order chi connectivity index (χ1) is 10.2. The maximum absolute atomic E-state index is 12.9. The van der Waals surface area contributed by atoms with Gasteiger partial charge in [0.05, 0.1) is 11.6 Å². The lowest BCUT2D eigenvalue weighted by Gasteiger charge is -2.36. The molecule has 0 spiro atoms. The molecule has 1 aromatic carbocycles. The Bertz CT molecular complexity index is 603. The van der Waals surface area contributed by atoms with E-state index in [2.05, 4.69) is 36.8 Å². The topological polar surface area (TPSA) is 69.8 Å². The minimum absolute atomic E-state index is 0.0237. The zero-order valence-electron chi connectivity index (χ0n) is 11.5. The van der Waals surface area contributed by atoms with Gasteiger partial charge >= 0.3 is 0 Å². The van der Waals surface area contributed by atoms with Gasteiger partial charge in [-0.15, -0.1) is 0 Å². The summed E-state index contributed by atoms with van der Waals surface area (Å²) >= 11 is 3.45. The van der Waals surface area contributed by atoms with Crippen LogP contribution < -0.4 is 10.6 Å². The second-order valence-corrected chi connectivity index (χ2v) is 6.18. The molecule has 1 aliphatic rings. The normalized spacial score (nSPS) is 17.4. The van der Waals surface area contributed by atoms with Gasteiger partial charge in [-0.25, -0.2) is 0 Å². The summed E-state index contributed by atoms with van der Waals surface area (Å²) < 4.78 is 1.02. The van der Waals surface area contributed by atoms with E-state index in [0.29, 0.717) is 5.82 Å². The molecule has 21 heavy (non-hydrogen) atoms. The lowest BCUT2D eigenvalue weighted by molar-refractivity contribution is -0.122.